The van der Waals surface area contributed by atoms with Crippen LogP contribution in [-0.2, 0) is 12.0 Å². The summed E-state index contributed by atoms with van der Waals surface area (Å²) in [5.41, 5.74) is 5.96. The lowest BCUT2D eigenvalue weighted by Gasteiger charge is -2.19. The Morgan fingerprint density at radius 3 is 2.15 bits per heavy atom. The van der Waals surface area contributed by atoms with E-state index in [2.05, 4.69) is 61.4 Å². The highest BCUT2D eigenvalue weighted by Crippen LogP contribution is 2.23. The molecule has 0 amide bonds. The molecular formula is C23H24N4. The van der Waals surface area contributed by atoms with Crippen LogP contribution in [0.5, 0.6) is 0 Å². The lowest BCUT2D eigenvalue weighted by molar-refractivity contribution is 0.589. The average Bonchev–Trinajstić information content (AvgIpc) is 3.31. The van der Waals surface area contributed by atoms with Gasteiger partial charge in [0.05, 0.1) is 24.6 Å². The zero-order valence-electron chi connectivity index (χ0n) is 16.0. The van der Waals surface area contributed by atoms with Gasteiger partial charge in [0.1, 0.15) is 0 Å². The Bertz CT molecular complexity index is 1020. The predicted molar refractivity (Wildman–Crippen MR) is 109 cm³/mol. The Morgan fingerprint density at radius 2 is 1.44 bits per heavy atom. The van der Waals surface area contributed by atoms with E-state index in [4.69, 9.17) is 0 Å². The lowest BCUT2D eigenvalue weighted by atomic mass is 9.87. The second-order valence-electron chi connectivity index (χ2n) is 7.88. The van der Waals surface area contributed by atoms with Gasteiger partial charge in [0, 0.05) is 23.5 Å². The molecule has 0 aliphatic heterocycles. The van der Waals surface area contributed by atoms with Gasteiger partial charge >= 0.3 is 0 Å². The highest BCUT2D eigenvalue weighted by atomic mass is 15.3. The highest BCUT2D eigenvalue weighted by Gasteiger charge is 2.13. The van der Waals surface area contributed by atoms with Gasteiger partial charge in [0.2, 0.25) is 0 Å². The molecule has 0 aliphatic carbocycles. The highest BCUT2D eigenvalue weighted by molar-refractivity contribution is 5.60. The zero-order valence-corrected chi connectivity index (χ0v) is 16.0. The minimum absolute atomic E-state index is 0.177. The first-order chi connectivity index (χ1) is 13.0. The molecule has 136 valence electrons. The van der Waals surface area contributed by atoms with Crippen molar-refractivity contribution in [2.24, 2.45) is 0 Å². The average molecular weight is 356 g/mol. The summed E-state index contributed by atoms with van der Waals surface area (Å²) in [5.74, 6) is 0. The van der Waals surface area contributed by atoms with E-state index in [1.54, 1.807) is 0 Å². The summed E-state index contributed by atoms with van der Waals surface area (Å²) in [5, 5.41) is 8.99. The van der Waals surface area contributed by atoms with Crippen molar-refractivity contribution in [3.8, 4) is 16.8 Å². The number of para-hydroxylation sites is 1. The number of benzene rings is 2. The van der Waals surface area contributed by atoms with Crippen molar-refractivity contribution in [3.63, 3.8) is 0 Å². The number of aromatic nitrogens is 4. The summed E-state index contributed by atoms with van der Waals surface area (Å²) >= 11 is 0. The van der Waals surface area contributed by atoms with E-state index in [0.29, 0.717) is 0 Å². The molecule has 0 atom stereocenters. The second kappa shape index (κ2) is 6.88. The molecule has 4 heteroatoms. The summed E-state index contributed by atoms with van der Waals surface area (Å²) in [6, 6.07) is 18.9. The van der Waals surface area contributed by atoms with Gasteiger partial charge in [-0.3, -0.25) is 4.68 Å². The van der Waals surface area contributed by atoms with E-state index in [0.717, 1.165) is 23.4 Å². The van der Waals surface area contributed by atoms with Gasteiger partial charge in [-0.1, -0.05) is 63.2 Å². The second-order valence-corrected chi connectivity index (χ2v) is 7.88. The molecule has 27 heavy (non-hydrogen) atoms. The van der Waals surface area contributed by atoms with Crippen molar-refractivity contribution in [3.05, 3.63) is 90.5 Å². The van der Waals surface area contributed by atoms with Gasteiger partial charge in [0.25, 0.3) is 0 Å². The number of hydrogen-bond acceptors (Lipinski definition) is 2. The van der Waals surface area contributed by atoms with Crippen molar-refractivity contribution >= 4 is 0 Å². The molecule has 0 saturated carbocycles. The van der Waals surface area contributed by atoms with Crippen molar-refractivity contribution in [1.29, 1.82) is 0 Å². The molecule has 0 fully saturated rings. The van der Waals surface area contributed by atoms with Gasteiger partial charge in [-0.15, -0.1) is 0 Å². The van der Waals surface area contributed by atoms with Gasteiger partial charge in [-0.05, 0) is 28.7 Å². The topological polar surface area (TPSA) is 35.6 Å². The Morgan fingerprint density at radius 1 is 0.778 bits per heavy atom. The Balaban J connectivity index is 1.50. The third-order valence-electron chi connectivity index (χ3n) is 4.73. The number of hydrogen-bond donors (Lipinski definition) is 0. The molecular weight excluding hydrogens is 332 g/mol. The van der Waals surface area contributed by atoms with Gasteiger partial charge in [-0.2, -0.15) is 10.2 Å². The van der Waals surface area contributed by atoms with E-state index in [1.807, 2.05) is 58.3 Å². The minimum Gasteiger partial charge on any atom is -0.268 e. The maximum absolute atomic E-state index is 4.52. The Kier molecular flexibility index (Phi) is 4.40. The molecule has 4 rings (SSSR count). The Hall–Kier alpha value is -3.14. The first-order valence-corrected chi connectivity index (χ1v) is 9.21. The fourth-order valence-electron chi connectivity index (χ4n) is 3.09. The summed E-state index contributed by atoms with van der Waals surface area (Å²) < 4.78 is 3.86. The Labute approximate surface area is 160 Å². The van der Waals surface area contributed by atoms with Crippen LogP contribution in [-0.4, -0.2) is 19.6 Å². The van der Waals surface area contributed by atoms with Gasteiger partial charge < -0.3 is 0 Å². The molecule has 0 unspecified atom stereocenters. The molecule has 0 bridgehead atoms. The third kappa shape index (κ3) is 3.85. The molecule has 0 saturated heterocycles. The van der Waals surface area contributed by atoms with Crippen LogP contribution in [0.4, 0.5) is 0 Å². The van der Waals surface area contributed by atoms with Crippen molar-refractivity contribution in [1.82, 2.24) is 19.6 Å². The molecule has 2 aromatic heterocycles. The minimum atomic E-state index is 0.177. The molecule has 2 heterocycles. The summed E-state index contributed by atoms with van der Waals surface area (Å²) in [7, 11) is 0. The van der Waals surface area contributed by atoms with Gasteiger partial charge in [-0.25, -0.2) is 4.68 Å². The molecule has 0 spiro atoms. The maximum Gasteiger partial charge on any atom is 0.0659 e. The SMILES string of the molecule is CC(C)(C)c1ccc(Cn2cc(-c3cnn(-c4ccccc4)c3)cn2)cc1. The van der Waals surface area contributed by atoms with Crippen LogP contribution in [0.1, 0.15) is 31.9 Å². The first kappa shape index (κ1) is 17.3. The fraction of sp³-hybridized carbons (Fsp3) is 0.217. The van der Waals surface area contributed by atoms with E-state index < -0.39 is 0 Å². The quantitative estimate of drug-likeness (QED) is 0.511. The first-order valence-electron chi connectivity index (χ1n) is 9.21. The van der Waals surface area contributed by atoms with Crippen LogP contribution in [0.2, 0.25) is 0 Å². The van der Waals surface area contributed by atoms with E-state index in [9.17, 15) is 0 Å². The van der Waals surface area contributed by atoms with Gasteiger partial charge in [0.15, 0.2) is 0 Å². The van der Waals surface area contributed by atoms with Crippen LogP contribution in [0.15, 0.2) is 79.4 Å². The molecule has 0 aliphatic rings. The lowest BCUT2D eigenvalue weighted by Crippen LogP contribution is -2.11. The van der Waals surface area contributed by atoms with Crippen LogP contribution in [0.3, 0.4) is 0 Å². The van der Waals surface area contributed by atoms with Crippen molar-refractivity contribution < 1.29 is 0 Å². The largest absolute Gasteiger partial charge is 0.268 e. The van der Waals surface area contributed by atoms with Crippen LogP contribution in [0, 0.1) is 0 Å². The fourth-order valence-corrected chi connectivity index (χ4v) is 3.09. The molecule has 4 nitrogen and oxygen atoms in total. The number of nitrogens with zero attached hydrogens (tertiary/aromatic N) is 4. The monoisotopic (exact) mass is 356 g/mol. The van der Waals surface area contributed by atoms with E-state index in [-0.39, 0.29) is 5.41 Å². The summed E-state index contributed by atoms with van der Waals surface area (Å²) in [4.78, 5) is 0. The summed E-state index contributed by atoms with van der Waals surface area (Å²) in [6.07, 6.45) is 7.89. The van der Waals surface area contributed by atoms with Crippen molar-refractivity contribution in [2.75, 3.05) is 0 Å². The normalized spacial score (nSPS) is 11.7. The third-order valence-corrected chi connectivity index (χ3v) is 4.73. The smallest absolute Gasteiger partial charge is 0.0659 e. The van der Waals surface area contributed by atoms with Crippen molar-refractivity contribution in [2.45, 2.75) is 32.7 Å². The van der Waals surface area contributed by atoms with E-state index in [1.165, 1.54) is 11.1 Å². The standard InChI is InChI=1S/C23H24N4/c1-23(2,3)21-11-9-18(10-12-21)15-26-16-19(13-24-26)20-14-25-27(17-20)22-7-5-4-6-8-22/h4-14,16-17H,15H2,1-3H3. The maximum atomic E-state index is 4.52. The molecule has 0 N–H and O–H groups in total. The van der Waals surface area contributed by atoms with Crippen LogP contribution in [0.25, 0.3) is 16.8 Å². The number of rotatable bonds is 4. The zero-order chi connectivity index (χ0) is 18.9. The summed E-state index contributed by atoms with van der Waals surface area (Å²) in [6.45, 7) is 7.46. The molecule has 0 radical (unpaired) electrons. The molecule has 4 aromatic rings. The van der Waals surface area contributed by atoms with Crippen LogP contribution >= 0.6 is 0 Å². The van der Waals surface area contributed by atoms with Crippen LogP contribution < -0.4 is 0 Å². The predicted octanol–water partition coefficient (Wildman–Crippen LogP) is 5.08. The molecule has 2 aromatic carbocycles. The van der Waals surface area contributed by atoms with E-state index >= 15 is 0 Å².